The van der Waals surface area contributed by atoms with E-state index in [1.165, 1.54) is 0 Å². The number of hydrogen-bond donors (Lipinski definition) is 2. The number of nitrogens with two attached hydrogens (primary N) is 1. The third kappa shape index (κ3) is 4.01. The number of aliphatic carboxylic acids is 1. The molecule has 19 heavy (non-hydrogen) atoms. The standard InChI is InChI=1S/C13H13N3O2.ClH/c14-10(13(17)18)7-9-4-5-12(16-8-9)11-3-1-2-6-15-11;/h1-6,8,10H,7,14H2,(H,17,18);1H/t10-;/m0./s1. The average molecular weight is 280 g/mol. The summed E-state index contributed by atoms with van der Waals surface area (Å²) in [6, 6.07) is 8.33. The van der Waals surface area contributed by atoms with Crippen LogP contribution in [0.2, 0.25) is 0 Å². The van der Waals surface area contributed by atoms with Gasteiger partial charge in [0.25, 0.3) is 0 Å². The van der Waals surface area contributed by atoms with Crippen LogP contribution >= 0.6 is 12.4 Å². The molecule has 0 aliphatic rings. The lowest BCUT2D eigenvalue weighted by Gasteiger charge is -2.06. The minimum Gasteiger partial charge on any atom is -0.480 e. The van der Waals surface area contributed by atoms with Crippen molar-refractivity contribution in [1.29, 1.82) is 0 Å². The number of aromatic nitrogens is 2. The van der Waals surface area contributed by atoms with Gasteiger partial charge < -0.3 is 10.8 Å². The normalized spacial score (nSPS) is 11.4. The maximum Gasteiger partial charge on any atom is 0.320 e. The Kier molecular flexibility index (Phi) is 5.41. The Bertz CT molecular complexity index is 531. The highest BCUT2D eigenvalue weighted by Crippen LogP contribution is 2.13. The number of carboxylic acids is 1. The number of pyridine rings is 2. The third-order valence-electron chi connectivity index (χ3n) is 2.52. The number of carbonyl (C=O) groups is 1. The molecule has 0 aromatic carbocycles. The van der Waals surface area contributed by atoms with Crippen LogP contribution in [0.15, 0.2) is 42.7 Å². The van der Waals surface area contributed by atoms with E-state index < -0.39 is 12.0 Å². The molecule has 100 valence electrons. The fourth-order valence-electron chi connectivity index (χ4n) is 1.55. The molecule has 0 unspecified atom stereocenters. The molecule has 0 spiro atoms. The Morgan fingerprint density at radius 3 is 2.47 bits per heavy atom. The molecule has 0 saturated heterocycles. The van der Waals surface area contributed by atoms with Gasteiger partial charge in [0.1, 0.15) is 6.04 Å². The quantitative estimate of drug-likeness (QED) is 0.886. The van der Waals surface area contributed by atoms with E-state index >= 15 is 0 Å². The van der Waals surface area contributed by atoms with E-state index in [2.05, 4.69) is 9.97 Å². The number of rotatable bonds is 4. The zero-order chi connectivity index (χ0) is 13.0. The minimum atomic E-state index is -1.01. The summed E-state index contributed by atoms with van der Waals surface area (Å²) in [7, 11) is 0. The van der Waals surface area contributed by atoms with E-state index in [9.17, 15) is 4.79 Å². The molecule has 2 aromatic heterocycles. The van der Waals surface area contributed by atoms with Gasteiger partial charge in [0.05, 0.1) is 11.4 Å². The largest absolute Gasteiger partial charge is 0.480 e. The van der Waals surface area contributed by atoms with E-state index in [0.29, 0.717) is 0 Å². The van der Waals surface area contributed by atoms with Gasteiger partial charge >= 0.3 is 5.97 Å². The molecule has 0 radical (unpaired) electrons. The molecule has 0 aliphatic heterocycles. The molecule has 3 N–H and O–H groups in total. The molecule has 2 heterocycles. The lowest BCUT2D eigenvalue weighted by Crippen LogP contribution is -2.32. The van der Waals surface area contributed by atoms with Gasteiger partial charge in [-0.3, -0.25) is 14.8 Å². The maximum absolute atomic E-state index is 10.6. The Morgan fingerprint density at radius 2 is 1.95 bits per heavy atom. The van der Waals surface area contributed by atoms with Crippen LogP contribution in [0.3, 0.4) is 0 Å². The van der Waals surface area contributed by atoms with Crippen molar-refractivity contribution in [1.82, 2.24) is 9.97 Å². The monoisotopic (exact) mass is 279 g/mol. The van der Waals surface area contributed by atoms with Gasteiger partial charge in [-0.25, -0.2) is 0 Å². The van der Waals surface area contributed by atoms with Crippen molar-refractivity contribution in [3.8, 4) is 11.4 Å². The minimum absolute atomic E-state index is 0. The van der Waals surface area contributed by atoms with Gasteiger partial charge in [-0.05, 0) is 30.2 Å². The summed E-state index contributed by atoms with van der Waals surface area (Å²) in [5.74, 6) is -1.01. The fraction of sp³-hybridized carbons (Fsp3) is 0.154. The number of hydrogen-bond acceptors (Lipinski definition) is 4. The van der Waals surface area contributed by atoms with Gasteiger partial charge in [0, 0.05) is 12.4 Å². The lowest BCUT2D eigenvalue weighted by molar-refractivity contribution is -0.138. The Morgan fingerprint density at radius 1 is 1.21 bits per heavy atom. The van der Waals surface area contributed by atoms with Crippen molar-refractivity contribution < 1.29 is 9.90 Å². The van der Waals surface area contributed by atoms with Crippen LogP contribution in [0.5, 0.6) is 0 Å². The van der Waals surface area contributed by atoms with Crippen LogP contribution in [-0.2, 0) is 11.2 Å². The smallest absolute Gasteiger partial charge is 0.320 e. The molecule has 2 aromatic rings. The molecule has 1 atom stereocenters. The van der Waals surface area contributed by atoms with Gasteiger partial charge in [-0.15, -0.1) is 12.4 Å². The maximum atomic E-state index is 10.6. The van der Waals surface area contributed by atoms with E-state index in [0.717, 1.165) is 17.0 Å². The van der Waals surface area contributed by atoms with Crippen LogP contribution in [-0.4, -0.2) is 27.1 Å². The summed E-state index contributed by atoms with van der Waals surface area (Å²) in [6.45, 7) is 0. The molecule has 0 amide bonds. The van der Waals surface area contributed by atoms with Crippen LogP contribution in [0, 0.1) is 0 Å². The first-order valence-corrected chi connectivity index (χ1v) is 5.51. The average Bonchev–Trinajstić information content (AvgIpc) is 2.40. The van der Waals surface area contributed by atoms with Crippen LogP contribution in [0.4, 0.5) is 0 Å². The zero-order valence-corrected chi connectivity index (χ0v) is 10.9. The number of halogens is 1. The molecular formula is C13H14ClN3O2. The summed E-state index contributed by atoms with van der Waals surface area (Å²) in [5.41, 5.74) is 7.79. The Balaban J connectivity index is 0.00000180. The SMILES string of the molecule is Cl.N[C@@H](Cc1ccc(-c2ccccn2)nc1)C(=O)O. The number of nitrogens with zero attached hydrogens (tertiary/aromatic N) is 2. The molecule has 5 nitrogen and oxygen atoms in total. The van der Waals surface area contributed by atoms with E-state index in [1.54, 1.807) is 12.4 Å². The van der Waals surface area contributed by atoms with Gasteiger partial charge in [0.2, 0.25) is 0 Å². The first-order valence-electron chi connectivity index (χ1n) is 5.51. The highest BCUT2D eigenvalue weighted by atomic mass is 35.5. The molecule has 0 fully saturated rings. The number of carboxylic acid groups (broad SMARTS) is 1. The van der Waals surface area contributed by atoms with Crippen molar-refractivity contribution in [2.24, 2.45) is 5.73 Å². The summed E-state index contributed by atoms with van der Waals surface area (Å²) >= 11 is 0. The first-order chi connectivity index (χ1) is 8.66. The highest BCUT2D eigenvalue weighted by Gasteiger charge is 2.12. The van der Waals surface area contributed by atoms with Crippen molar-refractivity contribution in [2.75, 3.05) is 0 Å². The molecular weight excluding hydrogens is 266 g/mol. The van der Waals surface area contributed by atoms with Crippen molar-refractivity contribution in [3.05, 3.63) is 48.3 Å². The predicted octanol–water partition coefficient (Wildman–Crippen LogP) is 1.52. The third-order valence-corrected chi connectivity index (χ3v) is 2.52. The highest BCUT2D eigenvalue weighted by molar-refractivity contribution is 5.85. The molecule has 0 saturated carbocycles. The predicted molar refractivity (Wildman–Crippen MR) is 74.0 cm³/mol. The van der Waals surface area contributed by atoms with Crippen LogP contribution in [0.1, 0.15) is 5.56 Å². The topological polar surface area (TPSA) is 89.1 Å². The van der Waals surface area contributed by atoms with Gasteiger partial charge in [0.15, 0.2) is 0 Å². The first kappa shape index (κ1) is 15.1. The van der Waals surface area contributed by atoms with E-state index in [4.69, 9.17) is 10.8 Å². The van der Waals surface area contributed by atoms with Crippen molar-refractivity contribution in [2.45, 2.75) is 12.5 Å². The lowest BCUT2D eigenvalue weighted by atomic mass is 10.1. The Hall–Kier alpha value is -1.98. The molecule has 0 bridgehead atoms. The zero-order valence-electron chi connectivity index (χ0n) is 10.1. The van der Waals surface area contributed by atoms with Crippen molar-refractivity contribution in [3.63, 3.8) is 0 Å². The molecule has 0 aliphatic carbocycles. The summed E-state index contributed by atoms with van der Waals surface area (Å²) in [4.78, 5) is 19.1. The second-order valence-electron chi connectivity index (χ2n) is 3.92. The van der Waals surface area contributed by atoms with E-state index in [-0.39, 0.29) is 18.8 Å². The van der Waals surface area contributed by atoms with Gasteiger partial charge in [-0.2, -0.15) is 0 Å². The second-order valence-corrected chi connectivity index (χ2v) is 3.92. The fourth-order valence-corrected chi connectivity index (χ4v) is 1.55. The second kappa shape index (κ2) is 6.82. The Labute approximate surface area is 116 Å². The summed E-state index contributed by atoms with van der Waals surface area (Å²) < 4.78 is 0. The summed E-state index contributed by atoms with van der Waals surface area (Å²) in [5, 5.41) is 8.72. The van der Waals surface area contributed by atoms with Gasteiger partial charge in [-0.1, -0.05) is 12.1 Å². The molecule has 6 heteroatoms. The van der Waals surface area contributed by atoms with Crippen LogP contribution < -0.4 is 5.73 Å². The molecule has 2 rings (SSSR count). The van der Waals surface area contributed by atoms with E-state index in [1.807, 2.05) is 30.3 Å². The van der Waals surface area contributed by atoms with Crippen molar-refractivity contribution >= 4 is 18.4 Å². The summed E-state index contributed by atoms with van der Waals surface area (Å²) in [6.07, 6.45) is 3.60. The van der Waals surface area contributed by atoms with Crippen LogP contribution in [0.25, 0.3) is 11.4 Å².